The molecule has 4 amide bonds. The van der Waals surface area contributed by atoms with E-state index >= 15 is 0 Å². The van der Waals surface area contributed by atoms with Crippen molar-refractivity contribution in [2.24, 2.45) is 17.4 Å². The summed E-state index contributed by atoms with van der Waals surface area (Å²) in [6.07, 6.45) is 0.613. The number of hydrogen-bond donors (Lipinski definition) is 5. The Balaban J connectivity index is 5.37. The summed E-state index contributed by atoms with van der Waals surface area (Å²) in [5.74, 6) is -2.37. The summed E-state index contributed by atoms with van der Waals surface area (Å²) < 4.78 is 0. The predicted molar refractivity (Wildman–Crippen MR) is 108 cm³/mol. The Morgan fingerprint density at radius 3 is 1.90 bits per heavy atom. The highest BCUT2D eigenvalue weighted by Crippen LogP contribution is 2.07. The molecule has 0 aromatic heterocycles. The van der Waals surface area contributed by atoms with Crippen molar-refractivity contribution in [3.63, 3.8) is 0 Å². The van der Waals surface area contributed by atoms with E-state index in [2.05, 4.69) is 16.0 Å². The number of aldehydes is 1. The predicted octanol–water partition coefficient (Wildman–Crippen LogP) is -0.901. The van der Waals surface area contributed by atoms with Crippen LogP contribution < -0.4 is 27.4 Å². The molecule has 166 valence electrons. The van der Waals surface area contributed by atoms with Crippen LogP contribution in [0.2, 0.25) is 0 Å². The summed E-state index contributed by atoms with van der Waals surface area (Å²) in [4.78, 5) is 59.1. The fourth-order valence-electron chi connectivity index (χ4n) is 2.70. The summed E-state index contributed by atoms with van der Waals surface area (Å²) in [5.41, 5.74) is 9.89. The van der Waals surface area contributed by atoms with Gasteiger partial charge >= 0.3 is 0 Å². The average Bonchev–Trinajstić information content (AvgIpc) is 2.54. The maximum atomic E-state index is 12.7. The van der Waals surface area contributed by atoms with Crippen LogP contribution in [0.15, 0.2) is 0 Å². The topological polar surface area (TPSA) is 173 Å². The van der Waals surface area contributed by atoms with Crippen molar-refractivity contribution in [1.29, 1.82) is 0 Å². The molecule has 10 heteroatoms. The van der Waals surface area contributed by atoms with Crippen molar-refractivity contribution >= 4 is 29.9 Å². The van der Waals surface area contributed by atoms with Crippen molar-refractivity contribution in [2.45, 2.75) is 84.0 Å². The fraction of sp³-hybridized carbons (Fsp3) is 0.737. The monoisotopic (exact) mass is 413 g/mol. The molecule has 0 spiro atoms. The van der Waals surface area contributed by atoms with Gasteiger partial charge in [0, 0.05) is 12.0 Å². The molecule has 0 aliphatic carbocycles. The number of amides is 4. The lowest BCUT2D eigenvalue weighted by molar-refractivity contribution is -0.132. The highest BCUT2D eigenvalue weighted by atomic mass is 16.2. The Morgan fingerprint density at radius 2 is 1.48 bits per heavy atom. The number of primary amides is 2. The SMILES string of the molecule is CC(C)CC(C=O)NC(=O)[C@H](CCC(N)=O)NC(=O)[C@H](CC(N)=O)NC(C)(C)C. The highest BCUT2D eigenvalue weighted by molar-refractivity contribution is 5.93. The lowest BCUT2D eigenvalue weighted by Gasteiger charge is -2.29. The summed E-state index contributed by atoms with van der Waals surface area (Å²) >= 11 is 0. The van der Waals surface area contributed by atoms with E-state index in [-0.39, 0.29) is 25.2 Å². The molecule has 0 aromatic rings. The first-order valence-electron chi connectivity index (χ1n) is 9.65. The van der Waals surface area contributed by atoms with Gasteiger partial charge in [-0.1, -0.05) is 13.8 Å². The molecule has 0 saturated carbocycles. The minimum absolute atomic E-state index is 0.0427. The van der Waals surface area contributed by atoms with Gasteiger partial charge in [-0.25, -0.2) is 0 Å². The molecule has 0 aliphatic heterocycles. The normalized spacial score (nSPS) is 14.6. The Bertz CT molecular complexity index is 600. The smallest absolute Gasteiger partial charge is 0.243 e. The Kier molecular flexibility index (Phi) is 11.1. The molecular weight excluding hydrogens is 378 g/mol. The number of rotatable bonds is 13. The first-order chi connectivity index (χ1) is 13.2. The van der Waals surface area contributed by atoms with Crippen LogP contribution in [-0.2, 0) is 24.0 Å². The van der Waals surface area contributed by atoms with Crippen molar-refractivity contribution in [3.8, 4) is 0 Å². The van der Waals surface area contributed by atoms with Gasteiger partial charge in [-0.15, -0.1) is 0 Å². The van der Waals surface area contributed by atoms with Crippen molar-refractivity contribution in [1.82, 2.24) is 16.0 Å². The molecule has 7 N–H and O–H groups in total. The Labute approximate surface area is 171 Å². The third-order valence-corrected chi connectivity index (χ3v) is 3.86. The van der Waals surface area contributed by atoms with E-state index in [4.69, 9.17) is 11.5 Å². The molecule has 0 heterocycles. The average molecular weight is 414 g/mol. The second kappa shape index (κ2) is 12.2. The molecule has 10 nitrogen and oxygen atoms in total. The number of carbonyl (C=O) groups excluding carboxylic acids is 5. The van der Waals surface area contributed by atoms with Crippen LogP contribution in [-0.4, -0.2) is 53.6 Å². The second-order valence-corrected chi connectivity index (χ2v) is 8.56. The Hall–Kier alpha value is -2.49. The minimum atomic E-state index is -1.10. The number of nitrogens with two attached hydrogens (primary N) is 2. The number of carbonyl (C=O) groups is 5. The van der Waals surface area contributed by atoms with E-state index in [0.29, 0.717) is 12.7 Å². The van der Waals surface area contributed by atoms with Gasteiger partial charge in [-0.05, 0) is 39.5 Å². The van der Waals surface area contributed by atoms with Crippen LogP contribution >= 0.6 is 0 Å². The molecule has 0 radical (unpaired) electrons. The van der Waals surface area contributed by atoms with Crippen LogP contribution in [0.25, 0.3) is 0 Å². The van der Waals surface area contributed by atoms with Crippen LogP contribution in [0.4, 0.5) is 0 Å². The first kappa shape index (κ1) is 26.5. The standard InChI is InChI=1S/C19H35N5O5/c1-11(2)8-12(10-25)22-17(28)13(6-7-15(20)26)23-18(29)14(9-16(21)27)24-19(3,4)5/h10-14,24H,6-9H2,1-5H3,(H2,20,26)(H2,21,27)(H,22,28)(H,23,29)/t12?,13-,14-/m0/s1. The van der Waals surface area contributed by atoms with E-state index < -0.39 is 47.3 Å². The highest BCUT2D eigenvalue weighted by Gasteiger charge is 2.30. The fourth-order valence-corrected chi connectivity index (χ4v) is 2.70. The molecule has 0 bridgehead atoms. The third-order valence-electron chi connectivity index (χ3n) is 3.86. The van der Waals surface area contributed by atoms with Gasteiger partial charge in [-0.3, -0.25) is 19.2 Å². The Morgan fingerprint density at radius 1 is 0.931 bits per heavy atom. The zero-order valence-corrected chi connectivity index (χ0v) is 17.9. The molecular formula is C19H35N5O5. The molecule has 1 unspecified atom stereocenters. The minimum Gasteiger partial charge on any atom is -0.370 e. The maximum absolute atomic E-state index is 12.7. The van der Waals surface area contributed by atoms with Crippen molar-refractivity contribution < 1.29 is 24.0 Å². The molecule has 3 atom stereocenters. The van der Waals surface area contributed by atoms with Gasteiger partial charge < -0.3 is 32.2 Å². The van der Waals surface area contributed by atoms with Gasteiger partial charge in [0.05, 0.1) is 18.5 Å². The summed E-state index contributed by atoms with van der Waals surface area (Å²) in [5, 5.41) is 8.09. The molecule has 0 saturated heterocycles. The molecule has 0 aliphatic rings. The van der Waals surface area contributed by atoms with Gasteiger partial charge in [0.15, 0.2) is 0 Å². The van der Waals surface area contributed by atoms with Crippen LogP contribution in [0, 0.1) is 5.92 Å². The quantitative estimate of drug-likeness (QED) is 0.245. The van der Waals surface area contributed by atoms with Crippen molar-refractivity contribution in [3.05, 3.63) is 0 Å². The van der Waals surface area contributed by atoms with Gasteiger partial charge in [0.2, 0.25) is 23.6 Å². The van der Waals surface area contributed by atoms with Gasteiger partial charge in [0.25, 0.3) is 0 Å². The largest absolute Gasteiger partial charge is 0.370 e. The second-order valence-electron chi connectivity index (χ2n) is 8.56. The number of hydrogen-bond acceptors (Lipinski definition) is 6. The van der Waals surface area contributed by atoms with Crippen LogP contribution in [0.1, 0.15) is 60.3 Å². The van der Waals surface area contributed by atoms with E-state index in [1.807, 2.05) is 34.6 Å². The maximum Gasteiger partial charge on any atom is 0.243 e. The van der Waals surface area contributed by atoms with E-state index in [9.17, 15) is 24.0 Å². The molecule has 0 rings (SSSR count). The molecule has 0 fully saturated rings. The van der Waals surface area contributed by atoms with Crippen LogP contribution in [0.5, 0.6) is 0 Å². The summed E-state index contributed by atoms with van der Waals surface area (Å²) in [6.45, 7) is 9.24. The van der Waals surface area contributed by atoms with Gasteiger partial charge in [0.1, 0.15) is 12.3 Å². The summed E-state index contributed by atoms with van der Waals surface area (Å²) in [7, 11) is 0. The third kappa shape index (κ3) is 12.6. The molecule has 29 heavy (non-hydrogen) atoms. The zero-order valence-electron chi connectivity index (χ0n) is 17.9. The molecule has 0 aromatic carbocycles. The lowest BCUT2D eigenvalue weighted by Crippen LogP contribution is -2.57. The lowest BCUT2D eigenvalue weighted by atomic mass is 10.0. The van der Waals surface area contributed by atoms with E-state index in [1.165, 1.54) is 0 Å². The van der Waals surface area contributed by atoms with Crippen molar-refractivity contribution in [2.75, 3.05) is 0 Å². The van der Waals surface area contributed by atoms with E-state index in [0.717, 1.165) is 0 Å². The van der Waals surface area contributed by atoms with Gasteiger partial charge in [-0.2, -0.15) is 0 Å². The first-order valence-corrected chi connectivity index (χ1v) is 9.65. The van der Waals surface area contributed by atoms with Crippen LogP contribution in [0.3, 0.4) is 0 Å². The number of nitrogens with one attached hydrogen (secondary N) is 3. The van der Waals surface area contributed by atoms with E-state index in [1.54, 1.807) is 0 Å². The summed E-state index contributed by atoms with van der Waals surface area (Å²) in [6, 6.07) is -2.78. The zero-order chi connectivity index (χ0) is 22.8.